The monoisotopic (exact) mass is 1120 g/mol. The second-order valence-corrected chi connectivity index (χ2v) is 25.4. The molecule has 3 amide bonds. The van der Waals surface area contributed by atoms with Gasteiger partial charge in [0.15, 0.2) is 17.5 Å². The zero-order chi connectivity index (χ0) is 56.5. The molecule has 14 rings (SSSR count). The van der Waals surface area contributed by atoms with Gasteiger partial charge in [-0.25, -0.2) is 17.7 Å². The molecule has 78 heavy (non-hydrogen) atoms. The summed E-state index contributed by atoms with van der Waals surface area (Å²) in [6.07, 6.45) is 10.2. The van der Waals surface area contributed by atoms with E-state index >= 15 is 0 Å². The number of halogens is 6. The highest BCUT2D eigenvalue weighted by atomic mass is 31.2. The van der Waals surface area contributed by atoms with Gasteiger partial charge in [-0.3, -0.25) is 14.4 Å². The fourth-order valence-electron chi connectivity index (χ4n) is 16.0. The first-order valence-electron chi connectivity index (χ1n) is 26.8. The number of piperidine rings is 1. The van der Waals surface area contributed by atoms with Crippen LogP contribution in [-0.4, -0.2) is 139 Å². The average Bonchev–Trinajstić information content (AvgIpc) is 3.77. The van der Waals surface area contributed by atoms with E-state index < -0.39 is 66.5 Å². The Labute approximate surface area is 446 Å². The van der Waals surface area contributed by atoms with Crippen molar-refractivity contribution in [1.29, 1.82) is 10.5 Å². The largest absolute Gasteiger partial charge is 0.466 e. The van der Waals surface area contributed by atoms with Crippen LogP contribution in [0.4, 0.5) is 26.3 Å². The van der Waals surface area contributed by atoms with Crippen LogP contribution in [0, 0.1) is 75.1 Å². The van der Waals surface area contributed by atoms with Crippen LogP contribution in [-0.2, 0) is 44.6 Å². The number of likely N-dealkylation sites (tertiary alicyclic amines) is 2. The number of fused-ring (bicyclic) bond motifs is 2. The number of nitrogens with zero attached hydrogens (tertiary/aromatic N) is 8. The summed E-state index contributed by atoms with van der Waals surface area (Å²) in [6.45, 7) is 0.720. The molecule has 4 unspecified atom stereocenters. The second-order valence-electron chi connectivity index (χ2n) is 24.4. The Bertz CT molecular complexity index is 2740. The van der Waals surface area contributed by atoms with Crippen LogP contribution in [0.25, 0.3) is 0 Å². The lowest BCUT2D eigenvalue weighted by Crippen LogP contribution is -2.65. The zero-order valence-corrected chi connectivity index (χ0v) is 43.9. The van der Waals surface area contributed by atoms with E-state index in [0.717, 1.165) is 88.0 Å². The lowest BCUT2D eigenvalue weighted by molar-refractivity contribution is -0.177. The number of phosphoric acid groups is 1. The first kappa shape index (κ1) is 57.9. The Morgan fingerprint density at radius 2 is 1.38 bits per heavy atom. The normalized spacial score (nSPS) is 35.1. The Kier molecular flexibility index (Phi) is 16.0. The number of carbonyl (C=O) groups excluding carboxylic acids is 3. The number of aliphatic hydroxyl groups is 2. The third-order valence-corrected chi connectivity index (χ3v) is 18.2. The average molecular weight is 1120 g/mol. The van der Waals surface area contributed by atoms with Crippen molar-refractivity contribution >= 4 is 25.5 Å². The van der Waals surface area contributed by atoms with Gasteiger partial charge in [0.2, 0.25) is 23.5 Å². The molecule has 1 aromatic heterocycles. The van der Waals surface area contributed by atoms with E-state index in [0.29, 0.717) is 61.2 Å². The number of benzene rings is 1. The predicted molar refractivity (Wildman–Crippen MR) is 261 cm³/mol. The van der Waals surface area contributed by atoms with Gasteiger partial charge < -0.3 is 60.9 Å². The number of aromatic nitrogens is 3. The Hall–Kier alpha value is -4.76. The second kappa shape index (κ2) is 21.6. The molecular formula is C51H68F6N11O9P. The third-order valence-electron chi connectivity index (χ3n) is 18.2. The van der Waals surface area contributed by atoms with E-state index in [9.17, 15) is 56.2 Å². The summed E-state index contributed by atoms with van der Waals surface area (Å²) in [5.41, 5.74) is 10.8. The van der Waals surface area contributed by atoms with Crippen molar-refractivity contribution in [1.82, 2.24) is 34.8 Å². The van der Waals surface area contributed by atoms with Crippen molar-refractivity contribution in [2.24, 2.45) is 46.5 Å². The van der Waals surface area contributed by atoms with Gasteiger partial charge in [-0.1, -0.05) is 0 Å². The van der Waals surface area contributed by atoms with E-state index in [1.54, 1.807) is 9.80 Å². The SMILES string of the molecule is N#C[C@@H]1CCCN1C(=O)CNC12CC3CC(CC(O)(C3)C1)C2.N#C[C@@H]1C[C@@H]2C[C@@H]2N1C(=O)[C@@H](N)C12CC3CC(CC(O)(C3)C1)C2.N[C@@H](CC(=O)N1CCn2c(nnc2C(F)(F)F)C1)Cc1cc(F)c(F)cc1F.O=P(O)(O)O. The molecule has 4 heterocycles. The molecule has 2 aromatic rings. The van der Waals surface area contributed by atoms with Gasteiger partial charge in [0.1, 0.15) is 17.9 Å². The number of alkyl halides is 3. The van der Waals surface area contributed by atoms with Gasteiger partial charge in [-0.05, 0) is 156 Å². The smallest absolute Gasteiger partial charge is 0.390 e. The summed E-state index contributed by atoms with van der Waals surface area (Å²) in [6, 6.07) is 3.90. The highest BCUT2D eigenvalue weighted by Gasteiger charge is 2.63. The number of hydrogen-bond acceptors (Lipinski definition) is 13. The van der Waals surface area contributed by atoms with Crippen LogP contribution in [0.2, 0.25) is 0 Å². The molecule has 9 aliphatic carbocycles. The summed E-state index contributed by atoms with van der Waals surface area (Å²) < 4.78 is 88.1. The van der Waals surface area contributed by atoms with Crippen molar-refractivity contribution in [2.75, 3.05) is 19.6 Å². The maximum Gasteiger partial charge on any atom is 0.466 e. The summed E-state index contributed by atoms with van der Waals surface area (Å²) in [5.74, 6) is -2.31. The van der Waals surface area contributed by atoms with Crippen LogP contribution < -0.4 is 16.8 Å². The minimum absolute atomic E-state index is 0.000783. The fourth-order valence-corrected chi connectivity index (χ4v) is 16.0. The molecule has 428 valence electrons. The number of nitrogens with one attached hydrogen (secondary N) is 1. The number of rotatable bonds is 9. The van der Waals surface area contributed by atoms with Crippen LogP contribution in [0.3, 0.4) is 0 Å². The van der Waals surface area contributed by atoms with Crippen molar-refractivity contribution < 1.29 is 70.2 Å². The number of amides is 3. The third kappa shape index (κ3) is 12.6. The molecule has 8 bridgehead atoms. The first-order valence-corrected chi connectivity index (χ1v) is 28.4. The Balaban J connectivity index is 0.000000137. The molecule has 10 atom stereocenters. The highest BCUT2D eigenvalue weighted by molar-refractivity contribution is 7.45. The van der Waals surface area contributed by atoms with Crippen molar-refractivity contribution in [2.45, 2.75) is 182 Å². The molecule has 11 fully saturated rings. The summed E-state index contributed by atoms with van der Waals surface area (Å²) >= 11 is 0. The molecule has 9 saturated carbocycles. The highest BCUT2D eigenvalue weighted by Crippen LogP contribution is 2.63. The summed E-state index contributed by atoms with van der Waals surface area (Å²) in [5, 5.41) is 50.2. The van der Waals surface area contributed by atoms with Crippen LogP contribution in [0.5, 0.6) is 0 Å². The number of nitrogens with two attached hydrogens (primary N) is 2. The maximum absolute atomic E-state index is 13.7. The quantitative estimate of drug-likeness (QED) is 0.101. The topological polar surface area (TPSA) is 322 Å². The van der Waals surface area contributed by atoms with E-state index in [1.165, 1.54) is 17.7 Å². The van der Waals surface area contributed by atoms with Gasteiger partial charge in [0.05, 0.1) is 42.5 Å². The minimum Gasteiger partial charge on any atom is -0.390 e. The van der Waals surface area contributed by atoms with Crippen LogP contribution in [0.1, 0.15) is 126 Å². The summed E-state index contributed by atoms with van der Waals surface area (Å²) in [4.78, 5) is 64.3. The number of nitriles is 2. The molecular weight excluding hydrogens is 1060 g/mol. The number of hydrogen-bond donors (Lipinski definition) is 8. The Morgan fingerprint density at radius 1 is 0.795 bits per heavy atom. The van der Waals surface area contributed by atoms with Crippen LogP contribution in [0.15, 0.2) is 12.1 Å². The van der Waals surface area contributed by atoms with Gasteiger partial charge in [0.25, 0.3) is 0 Å². The van der Waals surface area contributed by atoms with Gasteiger partial charge >= 0.3 is 14.0 Å². The molecule has 12 aliphatic rings. The van der Waals surface area contributed by atoms with E-state index in [4.69, 9.17) is 36.0 Å². The molecule has 1 aromatic carbocycles. The number of carbonyl (C=O) groups is 3. The first-order chi connectivity index (χ1) is 36.5. The lowest BCUT2D eigenvalue weighted by Gasteiger charge is -2.61. The molecule has 20 nitrogen and oxygen atoms in total. The fraction of sp³-hybridized carbons (Fsp3) is 0.745. The maximum atomic E-state index is 13.7. The van der Waals surface area contributed by atoms with E-state index in [-0.39, 0.29) is 84.8 Å². The van der Waals surface area contributed by atoms with Crippen molar-refractivity contribution in [3.8, 4) is 12.1 Å². The minimum atomic E-state index is -4.64. The van der Waals surface area contributed by atoms with Gasteiger partial charge in [0, 0.05) is 49.7 Å². The molecule has 3 aliphatic heterocycles. The van der Waals surface area contributed by atoms with Crippen molar-refractivity contribution in [3.05, 3.63) is 46.8 Å². The van der Waals surface area contributed by atoms with Gasteiger partial charge in [-0.2, -0.15) is 23.7 Å². The zero-order valence-electron chi connectivity index (χ0n) is 43.0. The molecule has 0 spiro atoms. The van der Waals surface area contributed by atoms with E-state index in [1.807, 2.05) is 0 Å². The molecule has 27 heteroatoms. The molecule has 2 saturated heterocycles. The van der Waals surface area contributed by atoms with Gasteiger partial charge in [-0.15, -0.1) is 10.2 Å². The summed E-state index contributed by atoms with van der Waals surface area (Å²) in [7, 11) is -4.64. The van der Waals surface area contributed by atoms with E-state index in [2.05, 4.69) is 27.7 Å². The van der Waals surface area contributed by atoms with Crippen molar-refractivity contribution in [3.63, 3.8) is 0 Å². The molecule has 0 radical (unpaired) electrons. The predicted octanol–water partition coefficient (Wildman–Crippen LogP) is 3.42. The standard InChI is InChI=1S/C18H25N3O2.C17H25N3O2.C16H15F6N5O.H3O4P/c19-8-13-2-12-3-14(12)21(13)16(22)15(20)17-4-10-1-11(5-17)7-18(23,6-10)9-17;18-9-14-2-1-3-20(14)15(21)10-19-16-5-12-4-13(6-16)8-17(22,7-12)11-16;17-10-6-12(19)11(18)4-8(10)3-9(23)5-14(28)26-1-2-27-13(7-26)24-25-15(27)16(20,21)22;1-5(2,3)4/h10-15,23H,1-7,9,20H2;12-14,19,22H,1-8,10-11H2;4,6,9H,1-3,5,7,23H2;(H3,1,2,3,4)/t10?,11?,12-,13+,14+,15-,17?,18?;12?,13?,14-,16?,17?;9-;/m101./s1. The lowest BCUT2D eigenvalue weighted by atomic mass is 9.46. The van der Waals surface area contributed by atoms with Crippen LogP contribution >= 0.6 is 7.82 Å². The molecule has 10 N–H and O–H groups in total. The Morgan fingerprint density at radius 3 is 1.96 bits per heavy atom.